The standard InChI is InChI=1S/C9H15O6P/c1-4-8(10)15-16(12,14-6-3)7-9(11)13-5-2/h4H,1,5-7H2,2-3H3. The molecule has 16 heavy (non-hydrogen) atoms. The van der Waals surface area contributed by atoms with E-state index in [1.54, 1.807) is 13.8 Å². The van der Waals surface area contributed by atoms with Gasteiger partial charge in [-0.15, -0.1) is 0 Å². The lowest BCUT2D eigenvalue weighted by atomic mass is 10.7. The van der Waals surface area contributed by atoms with Crippen LogP contribution < -0.4 is 0 Å². The molecule has 0 rings (SSSR count). The molecule has 0 aliphatic carbocycles. The maximum absolute atomic E-state index is 11.9. The zero-order valence-electron chi connectivity index (χ0n) is 9.30. The first-order chi connectivity index (χ1) is 7.47. The third-order valence-electron chi connectivity index (χ3n) is 1.35. The van der Waals surface area contributed by atoms with Gasteiger partial charge in [0, 0.05) is 6.08 Å². The third-order valence-corrected chi connectivity index (χ3v) is 3.10. The molecule has 0 fully saturated rings. The molecule has 0 saturated heterocycles. The topological polar surface area (TPSA) is 78.9 Å². The first kappa shape index (κ1) is 14.9. The fourth-order valence-corrected chi connectivity index (χ4v) is 2.20. The molecule has 7 heteroatoms. The fourth-order valence-electron chi connectivity index (χ4n) is 0.840. The Morgan fingerprint density at radius 3 is 2.38 bits per heavy atom. The fraction of sp³-hybridized carbons (Fsp3) is 0.556. The van der Waals surface area contributed by atoms with Gasteiger partial charge in [-0.2, -0.15) is 0 Å². The van der Waals surface area contributed by atoms with E-state index in [1.807, 2.05) is 0 Å². The van der Waals surface area contributed by atoms with Gasteiger partial charge in [-0.05, 0) is 13.8 Å². The Morgan fingerprint density at radius 2 is 1.94 bits per heavy atom. The Balaban J connectivity index is 4.55. The Hall–Kier alpha value is -1.13. The van der Waals surface area contributed by atoms with E-state index in [1.165, 1.54) is 0 Å². The first-order valence-corrected chi connectivity index (χ1v) is 6.45. The van der Waals surface area contributed by atoms with Gasteiger partial charge in [-0.3, -0.25) is 9.32 Å². The highest BCUT2D eigenvalue weighted by Crippen LogP contribution is 2.48. The minimum Gasteiger partial charge on any atom is -0.465 e. The molecule has 0 heterocycles. The molecule has 0 aromatic heterocycles. The molecule has 0 radical (unpaired) electrons. The summed E-state index contributed by atoms with van der Waals surface area (Å²) in [6.45, 7) is 6.54. The summed E-state index contributed by atoms with van der Waals surface area (Å²) in [7, 11) is -3.77. The number of esters is 1. The summed E-state index contributed by atoms with van der Waals surface area (Å²) < 4.78 is 25.7. The summed E-state index contributed by atoms with van der Waals surface area (Å²) in [5, 5.41) is 0. The lowest BCUT2D eigenvalue weighted by molar-refractivity contribution is -0.140. The smallest absolute Gasteiger partial charge is 0.392 e. The van der Waals surface area contributed by atoms with E-state index in [0.717, 1.165) is 6.08 Å². The molecule has 0 amide bonds. The highest BCUT2D eigenvalue weighted by atomic mass is 31.2. The van der Waals surface area contributed by atoms with E-state index in [4.69, 9.17) is 4.52 Å². The van der Waals surface area contributed by atoms with Crippen LogP contribution in [0.3, 0.4) is 0 Å². The van der Waals surface area contributed by atoms with Crippen molar-refractivity contribution in [2.45, 2.75) is 13.8 Å². The van der Waals surface area contributed by atoms with E-state index in [-0.39, 0.29) is 13.2 Å². The van der Waals surface area contributed by atoms with Gasteiger partial charge in [0.2, 0.25) is 0 Å². The molecular weight excluding hydrogens is 235 g/mol. The van der Waals surface area contributed by atoms with E-state index in [9.17, 15) is 14.2 Å². The van der Waals surface area contributed by atoms with E-state index in [0.29, 0.717) is 0 Å². The molecule has 0 aliphatic heterocycles. The summed E-state index contributed by atoms with van der Waals surface area (Å²) in [4.78, 5) is 22.0. The quantitative estimate of drug-likeness (QED) is 0.387. The number of carbonyl (C=O) groups is 2. The Kier molecular flexibility index (Phi) is 6.69. The molecule has 92 valence electrons. The maximum atomic E-state index is 11.9. The van der Waals surface area contributed by atoms with Gasteiger partial charge in [0.15, 0.2) is 6.16 Å². The molecule has 1 unspecified atom stereocenters. The second kappa shape index (κ2) is 7.19. The zero-order chi connectivity index (χ0) is 12.6. The second-order valence-electron chi connectivity index (χ2n) is 2.61. The molecule has 0 saturated carbocycles. The number of carbonyl (C=O) groups excluding carboxylic acids is 2. The van der Waals surface area contributed by atoms with Crippen LogP contribution >= 0.6 is 7.60 Å². The maximum Gasteiger partial charge on any atom is 0.392 e. The lowest BCUT2D eigenvalue weighted by Crippen LogP contribution is -2.14. The van der Waals surface area contributed by atoms with Gasteiger partial charge in [0.1, 0.15) is 0 Å². The van der Waals surface area contributed by atoms with Gasteiger partial charge in [-0.25, -0.2) is 9.36 Å². The largest absolute Gasteiger partial charge is 0.465 e. The number of hydrogen-bond acceptors (Lipinski definition) is 6. The van der Waals surface area contributed by atoms with Crippen LogP contribution in [-0.2, 0) is 27.9 Å². The molecule has 0 spiro atoms. The average Bonchev–Trinajstić information content (AvgIpc) is 2.17. The van der Waals surface area contributed by atoms with Crippen LogP contribution in [0.25, 0.3) is 0 Å². The molecule has 0 N–H and O–H groups in total. The highest BCUT2D eigenvalue weighted by Gasteiger charge is 2.31. The van der Waals surface area contributed by atoms with Gasteiger partial charge in [0.25, 0.3) is 0 Å². The first-order valence-electron chi connectivity index (χ1n) is 4.72. The number of hydrogen-bond donors (Lipinski definition) is 0. The summed E-state index contributed by atoms with van der Waals surface area (Å²) >= 11 is 0. The lowest BCUT2D eigenvalue weighted by Gasteiger charge is -2.15. The van der Waals surface area contributed by atoms with Gasteiger partial charge in [0.05, 0.1) is 13.2 Å². The molecule has 6 nitrogen and oxygen atoms in total. The SMILES string of the molecule is C=CC(=O)OP(=O)(CC(=O)OCC)OCC. The normalized spacial score (nSPS) is 13.6. The summed E-state index contributed by atoms with van der Waals surface area (Å²) in [5.41, 5.74) is 0. The van der Waals surface area contributed by atoms with Crippen molar-refractivity contribution in [3.05, 3.63) is 12.7 Å². The van der Waals surface area contributed by atoms with Gasteiger partial charge < -0.3 is 9.26 Å². The molecule has 1 atom stereocenters. The molecule has 0 bridgehead atoms. The van der Waals surface area contributed by atoms with Crippen molar-refractivity contribution < 1.29 is 27.9 Å². The van der Waals surface area contributed by atoms with Crippen molar-refractivity contribution in [3.63, 3.8) is 0 Å². The van der Waals surface area contributed by atoms with E-state index < -0.39 is 25.7 Å². The molecule has 0 aliphatic rings. The predicted molar refractivity (Wildman–Crippen MR) is 57.0 cm³/mol. The predicted octanol–water partition coefficient (Wildman–Crippen LogP) is 1.51. The summed E-state index contributed by atoms with van der Waals surface area (Å²) in [6, 6.07) is 0. The van der Waals surface area contributed by atoms with Crippen molar-refractivity contribution in [2.75, 3.05) is 19.4 Å². The zero-order valence-corrected chi connectivity index (χ0v) is 10.2. The number of ether oxygens (including phenoxy) is 1. The van der Waals surface area contributed by atoms with Crippen molar-refractivity contribution in [3.8, 4) is 0 Å². The minimum absolute atomic E-state index is 0.0567. The Morgan fingerprint density at radius 1 is 1.31 bits per heavy atom. The van der Waals surface area contributed by atoms with Crippen LogP contribution in [0.2, 0.25) is 0 Å². The van der Waals surface area contributed by atoms with E-state index in [2.05, 4.69) is 15.8 Å². The third kappa shape index (κ3) is 5.68. The second-order valence-corrected chi connectivity index (χ2v) is 4.59. The van der Waals surface area contributed by atoms with Crippen LogP contribution in [0.15, 0.2) is 12.7 Å². The van der Waals surface area contributed by atoms with Gasteiger partial charge >= 0.3 is 19.5 Å². The summed E-state index contributed by atoms with van der Waals surface area (Å²) in [5.74, 6) is -1.64. The van der Waals surface area contributed by atoms with Crippen LogP contribution in [-0.4, -0.2) is 31.3 Å². The molecular formula is C9H15O6P. The Bertz CT molecular complexity index is 311. The Labute approximate surface area is 94.1 Å². The van der Waals surface area contributed by atoms with Crippen LogP contribution in [0.5, 0.6) is 0 Å². The molecule has 0 aromatic rings. The van der Waals surface area contributed by atoms with Crippen molar-refractivity contribution in [1.82, 2.24) is 0 Å². The van der Waals surface area contributed by atoms with Crippen LogP contribution in [0.4, 0.5) is 0 Å². The summed E-state index contributed by atoms with van der Waals surface area (Å²) in [6.07, 6.45) is 0.255. The van der Waals surface area contributed by atoms with Crippen molar-refractivity contribution >= 4 is 19.5 Å². The monoisotopic (exact) mass is 250 g/mol. The van der Waals surface area contributed by atoms with E-state index >= 15 is 0 Å². The van der Waals surface area contributed by atoms with Crippen LogP contribution in [0.1, 0.15) is 13.8 Å². The average molecular weight is 250 g/mol. The number of rotatable bonds is 7. The minimum atomic E-state index is -3.77. The molecule has 0 aromatic carbocycles. The van der Waals surface area contributed by atoms with Crippen LogP contribution in [0, 0.1) is 0 Å². The van der Waals surface area contributed by atoms with Crippen molar-refractivity contribution in [1.29, 1.82) is 0 Å². The van der Waals surface area contributed by atoms with Gasteiger partial charge in [-0.1, -0.05) is 6.58 Å². The van der Waals surface area contributed by atoms with Crippen molar-refractivity contribution in [2.24, 2.45) is 0 Å². The highest BCUT2D eigenvalue weighted by molar-refractivity contribution is 7.55.